The van der Waals surface area contributed by atoms with Crippen LogP contribution in [0, 0.1) is 4.91 Å². The first-order valence-corrected chi connectivity index (χ1v) is 6.66. The van der Waals surface area contributed by atoms with E-state index in [0.29, 0.717) is 16.6 Å². The van der Waals surface area contributed by atoms with E-state index in [-0.39, 0.29) is 5.56 Å². The second-order valence-corrected chi connectivity index (χ2v) is 4.94. The van der Waals surface area contributed by atoms with Gasteiger partial charge in [-0.05, 0) is 36.2 Å². The molecule has 0 spiro atoms. The van der Waals surface area contributed by atoms with Gasteiger partial charge >= 0.3 is 0 Å². The Morgan fingerprint density at radius 1 is 1.16 bits per heavy atom. The van der Waals surface area contributed by atoms with E-state index in [4.69, 9.17) is 0 Å². The molecule has 0 aliphatic carbocycles. The largest absolute Gasteiger partial charge is 0.296 e. The average Bonchev–Trinajstić information content (AvgIpc) is 2.40. The van der Waals surface area contributed by atoms with Gasteiger partial charge in [0.1, 0.15) is 11.5 Å². The number of hydrogen-bond acceptors (Lipinski definition) is 4. The van der Waals surface area contributed by atoms with Crippen LogP contribution in [0.5, 0.6) is 0 Å². The lowest BCUT2D eigenvalue weighted by molar-refractivity contribution is 0.500. The quantitative estimate of drug-likeness (QED) is 0.738. The average molecular weight is 257 g/mol. The van der Waals surface area contributed by atoms with E-state index >= 15 is 0 Å². The van der Waals surface area contributed by atoms with Gasteiger partial charge in [0, 0.05) is 13.0 Å². The zero-order valence-corrected chi connectivity index (χ0v) is 10.6. The Hall–Kier alpha value is -2.04. The van der Waals surface area contributed by atoms with E-state index in [1.54, 1.807) is 22.8 Å². The Morgan fingerprint density at radius 2 is 2.00 bits per heavy atom. The lowest BCUT2D eigenvalue weighted by atomic mass is 10.1. The highest BCUT2D eigenvalue weighted by molar-refractivity contribution is 5.80. The summed E-state index contributed by atoms with van der Waals surface area (Å²) in [4.78, 5) is 27.6. The first-order chi connectivity index (χ1) is 9.29. The van der Waals surface area contributed by atoms with Crippen LogP contribution in [-0.2, 0) is 13.0 Å². The van der Waals surface area contributed by atoms with Gasteiger partial charge in [-0.1, -0.05) is 12.8 Å². The monoisotopic (exact) mass is 257 g/mol. The molecular formula is C14H15N3O2. The molecule has 1 aliphatic heterocycles. The lowest BCUT2D eigenvalue weighted by Gasteiger charge is -2.16. The minimum absolute atomic E-state index is 0.000603. The molecule has 2 aromatic rings. The zero-order chi connectivity index (χ0) is 13.2. The molecule has 1 aromatic carbocycles. The van der Waals surface area contributed by atoms with E-state index in [1.807, 2.05) is 0 Å². The van der Waals surface area contributed by atoms with Crippen molar-refractivity contribution in [2.75, 3.05) is 0 Å². The standard InChI is InChI=1S/C14H15N3O2/c18-14-11-7-6-10(16-19)9-12(11)15-13-5-3-1-2-4-8-17(13)14/h6-7,9H,1-5,8H2. The van der Waals surface area contributed by atoms with Crippen molar-refractivity contribution in [3.63, 3.8) is 0 Å². The zero-order valence-electron chi connectivity index (χ0n) is 10.6. The van der Waals surface area contributed by atoms with Gasteiger partial charge in [-0.3, -0.25) is 9.36 Å². The number of aromatic nitrogens is 2. The first kappa shape index (κ1) is 12.0. The Balaban J connectivity index is 2.24. The predicted octanol–water partition coefficient (Wildman–Crippen LogP) is 2.91. The molecule has 2 heterocycles. The molecule has 0 unspecified atom stereocenters. The van der Waals surface area contributed by atoms with Crippen LogP contribution in [-0.4, -0.2) is 9.55 Å². The molecule has 0 saturated carbocycles. The lowest BCUT2D eigenvalue weighted by Crippen LogP contribution is -2.26. The summed E-state index contributed by atoms with van der Waals surface area (Å²) in [5, 5.41) is 3.46. The fraction of sp³-hybridized carbons (Fsp3) is 0.429. The van der Waals surface area contributed by atoms with Gasteiger partial charge in [-0.2, -0.15) is 0 Å². The van der Waals surface area contributed by atoms with Crippen LogP contribution >= 0.6 is 0 Å². The Bertz CT molecular complexity index is 691. The maximum Gasteiger partial charge on any atom is 0.261 e. The minimum atomic E-state index is -0.000603. The van der Waals surface area contributed by atoms with Gasteiger partial charge in [0.15, 0.2) is 0 Å². The van der Waals surface area contributed by atoms with Crippen LogP contribution < -0.4 is 5.56 Å². The molecule has 0 radical (unpaired) electrons. The third kappa shape index (κ3) is 2.16. The molecule has 0 bridgehead atoms. The summed E-state index contributed by atoms with van der Waals surface area (Å²) < 4.78 is 1.79. The fourth-order valence-electron chi connectivity index (χ4n) is 2.64. The molecule has 0 fully saturated rings. The molecule has 0 saturated heterocycles. The van der Waals surface area contributed by atoms with Crippen molar-refractivity contribution in [3.05, 3.63) is 39.3 Å². The Kier molecular flexibility index (Phi) is 3.11. The third-order valence-electron chi connectivity index (χ3n) is 3.66. The fourth-order valence-corrected chi connectivity index (χ4v) is 2.64. The van der Waals surface area contributed by atoms with Gasteiger partial charge in [0.25, 0.3) is 5.56 Å². The molecule has 0 amide bonds. The maximum atomic E-state index is 12.5. The van der Waals surface area contributed by atoms with Crippen molar-refractivity contribution in [1.29, 1.82) is 0 Å². The molecule has 1 aliphatic rings. The molecule has 0 N–H and O–H groups in total. The smallest absolute Gasteiger partial charge is 0.261 e. The minimum Gasteiger partial charge on any atom is -0.296 e. The molecule has 98 valence electrons. The highest BCUT2D eigenvalue weighted by Gasteiger charge is 2.13. The third-order valence-corrected chi connectivity index (χ3v) is 3.66. The number of fused-ring (bicyclic) bond motifs is 2. The van der Waals surface area contributed by atoms with Gasteiger partial charge < -0.3 is 0 Å². The van der Waals surface area contributed by atoms with Gasteiger partial charge in [-0.15, -0.1) is 4.91 Å². The second-order valence-electron chi connectivity index (χ2n) is 4.94. The van der Waals surface area contributed by atoms with Crippen molar-refractivity contribution >= 4 is 16.6 Å². The molecular weight excluding hydrogens is 242 g/mol. The first-order valence-electron chi connectivity index (χ1n) is 6.66. The number of nitrogens with zero attached hydrogens (tertiary/aromatic N) is 3. The van der Waals surface area contributed by atoms with Gasteiger partial charge in [0.2, 0.25) is 0 Å². The van der Waals surface area contributed by atoms with Gasteiger partial charge in [-0.25, -0.2) is 4.98 Å². The van der Waals surface area contributed by atoms with E-state index in [9.17, 15) is 9.70 Å². The summed E-state index contributed by atoms with van der Waals surface area (Å²) in [6.45, 7) is 0.741. The van der Waals surface area contributed by atoms with Gasteiger partial charge in [0.05, 0.1) is 10.9 Å². The van der Waals surface area contributed by atoms with Crippen molar-refractivity contribution in [3.8, 4) is 0 Å². The summed E-state index contributed by atoms with van der Waals surface area (Å²) in [6, 6.07) is 4.80. The summed E-state index contributed by atoms with van der Waals surface area (Å²) in [5.41, 5.74) is 0.892. The van der Waals surface area contributed by atoms with Crippen LogP contribution in [0.4, 0.5) is 5.69 Å². The number of benzene rings is 1. The molecule has 5 nitrogen and oxygen atoms in total. The topological polar surface area (TPSA) is 64.3 Å². The van der Waals surface area contributed by atoms with Crippen molar-refractivity contribution < 1.29 is 0 Å². The summed E-state index contributed by atoms with van der Waals surface area (Å²) >= 11 is 0. The van der Waals surface area contributed by atoms with E-state index in [0.717, 1.165) is 38.1 Å². The molecule has 19 heavy (non-hydrogen) atoms. The maximum absolute atomic E-state index is 12.5. The second kappa shape index (κ2) is 4.91. The number of nitroso groups, excluding NO2 is 1. The highest BCUT2D eigenvalue weighted by Crippen LogP contribution is 2.19. The van der Waals surface area contributed by atoms with Crippen molar-refractivity contribution in [2.24, 2.45) is 5.18 Å². The number of hydrogen-bond donors (Lipinski definition) is 0. The van der Waals surface area contributed by atoms with Crippen LogP contribution in [0.25, 0.3) is 10.9 Å². The van der Waals surface area contributed by atoms with Crippen LogP contribution in [0.2, 0.25) is 0 Å². The summed E-state index contributed by atoms with van der Waals surface area (Å²) in [5.74, 6) is 0.834. The van der Waals surface area contributed by atoms with Crippen molar-refractivity contribution in [1.82, 2.24) is 9.55 Å². The molecule has 5 heteroatoms. The summed E-state index contributed by atoms with van der Waals surface area (Å²) in [7, 11) is 0. The van der Waals surface area contributed by atoms with Crippen molar-refractivity contribution in [2.45, 2.75) is 38.6 Å². The molecule has 1 aromatic heterocycles. The molecule has 0 atom stereocenters. The van der Waals surface area contributed by atoms with Crippen LogP contribution in [0.15, 0.2) is 28.2 Å². The van der Waals surface area contributed by atoms with Crippen LogP contribution in [0.1, 0.15) is 31.5 Å². The van der Waals surface area contributed by atoms with E-state index < -0.39 is 0 Å². The van der Waals surface area contributed by atoms with E-state index in [1.165, 1.54) is 6.42 Å². The van der Waals surface area contributed by atoms with E-state index in [2.05, 4.69) is 10.2 Å². The summed E-state index contributed by atoms with van der Waals surface area (Å²) in [6.07, 6.45) is 5.25. The predicted molar refractivity (Wildman–Crippen MR) is 73.6 cm³/mol. The normalized spacial score (nSPS) is 15.6. The Labute approximate surface area is 110 Å². The number of rotatable bonds is 1. The SMILES string of the molecule is O=Nc1ccc2c(=O)n3c(nc2c1)CCCCCC3. The number of aryl methyl sites for hydroxylation is 1. The Morgan fingerprint density at radius 3 is 2.84 bits per heavy atom. The highest BCUT2D eigenvalue weighted by atomic mass is 16.3. The van der Waals surface area contributed by atoms with Crippen LogP contribution in [0.3, 0.4) is 0 Å². The molecule has 3 rings (SSSR count).